The second kappa shape index (κ2) is 27.7. The van der Waals surface area contributed by atoms with Crippen LogP contribution in [0.3, 0.4) is 0 Å². The van der Waals surface area contributed by atoms with Gasteiger partial charge in [0.05, 0.1) is 96.2 Å². The summed E-state index contributed by atoms with van der Waals surface area (Å²) in [6, 6.07) is 28.4. The third-order valence-electron chi connectivity index (χ3n) is 13.5. The first-order valence-corrected chi connectivity index (χ1v) is 26.2. The first-order chi connectivity index (χ1) is 36.7. The highest BCUT2D eigenvalue weighted by atomic mass is 16.5. The summed E-state index contributed by atoms with van der Waals surface area (Å²) in [4.78, 5) is 46.9. The van der Waals surface area contributed by atoms with E-state index < -0.39 is 17.8 Å². The number of aryl methyl sites for hydroxylation is 4. The fraction of sp³-hybridized carbons (Fsp3) is 0.441. The lowest BCUT2D eigenvalue weighted by Gasteiger charge is -2.30. The summed E-state index contributed by atoms with van der Waals surface area (Å²) in [5.41, 5.74) is 8.08. The number of hydrogen-bond acceptors (Lipinski definition) is 15. The SMILES string of the molecule is C=CC(=O)OCCN1C(=O)c2cccc3c(CCCc4ccc(N5CCOc6cc(C)ccc6N6CCOCCOCCN(CCOCCOCC6)c6ccc(C)cc6OCC5)c(OCCOC)c4)ccc(c23)C1=O. The molecule has 1 fully saturated rings. The zero-order valence-electron chi connectivity index (χ0n) is 43.8. The van der Waals surface area contributed by atoms with Crippen LogP contribution in [0.5, 0.6) is 17.2 Å². The minimum absolute atomic E-state index is 0.0513. The smallest absolute Gasteiger partial charge is 0.330 e. The number of anilines is 3. The number of benzene rings is 5. The molecule has 5 aromatic rings. The first-order valence-electron chi connectivity index (χ1n) is 26.2. The van der Waals surface area contributed by atoms with E-state index in [-0.39, 0.29) is 13.2 Å². The van der Waals surface area contributed by atoms with Gasteiger partial charge in [-0.2, -0.15) is 0 Å². The number of amides is 2. The second-order valence-electron chi connectivity index (χ2n) is 18.7. The number of rotatable bonds is 13. The first kappa shape index (κ1) is 54.6. The number of carbonyl (C=O) groups is 3. The molecule has 5 aromatic carbocycles. The Hall–Kier alpha value is -6.69. The summed E-state index contributed by atoms with van der Waals surface area (Å²) in [6.45, 7) is 16.5. The summed E-state index contributed by atoms with van der Waals surface area (Å²) in [7, 11) is 1.66. The number of hydrogen-bond donors (Lipinski definition) is 0. The molecule has 0 saturated carbocycles. The number of methoxy groups -OCH3 is 1. The molecule has 75 heavy (non-hydrogen) atoms. The van der Waals surface area contributed by atoms with Crippen molar-refractivity contribution in [3.8, 4) is 17.2 Å². The largest absolute Gasteiger partial charge is 0.490 e. The number of fused-ring (bicyclic) bond motifs is 20. The van der Waals surface area contributed by atoms with Crippen molar-refractivity contribution >= 4 is 45.6 Å². The fourth-order valence-electron chi connectivity index (χ4n) is 9.66. The van der Waals surface area contributed by atoms with Gasteiger partial charge in [0, 0.05) is 55.9 Å². The molecule has 0 radical (unpaired) electrons. The van der Waals surface area contributed by atoms with Gasteiger partial charge < -0.3 is 57.3 Å². The number of esters is 1. The van der Waals surface area contributed by atoms with Gasteiger partial charge in [-0.05, 0) is 109 Å². The Morgan fingerprint density at radius 2 is 1.15 bits per heavy atom. The van der Waals surface area contributed by atoms with Gasteiger partial charge in [-0.3, -0.25) is 14.5 Å². The highest BCUT2D eigenvalue weighted by Gasteiger charge is 2.33. The third kappa shape index (κ3) is 14.6. The van der Waals surface area contributed by atoms with Crippen molar-refractivity contribution < 1.29 is 57.0 Å². The molecule has 4 aliphatic rings. The van der Waals surface area contributed by atoms with E-state index in [2.05, 4.69) is 89.7 Å². The van der Waals surface area contributed by atoms with Crippen molar-refractivity contribution in [2.45, 2.75) is 33.1 Å². The van der Waals surface area contributed by atoms with Gasteiger partial charge in [-0.1, -0.05) is 43.0 Å². The van der Waals surface area contributed by atoms with Crippen LogP contribution in [0.4, 0.5) is 17.1 Å². The van der Waals surface area contributed by atoms with E-state index in [1.165, 1.54) is 0 Å². The molecule has 16 heteroatoms. The van der Waals surface area contributed by atoms with Crippen molar-refractivity contribution in [2.24, 2.45) is 0 Å². The van der Waals surface area contributed by atoms with Gasteiger partial charge in [0.25, 0.3) is 11.8 Å². The quantitative estimate of drug-likeness (QED) is 0.0374. The Bertz CT molecular complexity index is 2610. The molecule has 4 aliphatic heterocycles. The zero-order chi connectivity index (χ0) is 52.4. The Morgan fingerprint density at radius 1 is 0.600 bits per heavy atom. The molecule has 0 unspecified atom stereocenters. The van der Waals surface area contributed by atoms with Crippen LogP contribution in [0.25, 0.3) is 10.8 Å². The summed E-state index contributed by atoms with van der Waals surface area (Å²) < 4.78 is 55.1. The van der Waals surface area contributed by atoms with Crippen LogP contribution in [0.2, 0.25) is 0 Å². The molecule has 4 heterocycles. The van der Waals surface area contributed by atoms with E-state index >= 15 is 0 Å². The van der Waals surface area contributed by atoms with E-state index in [4.69, 9.17) is 42.6 Å². The molecule has 1 saturated heterocycles. The maximum absolute atomic E-state index is 13.6. The van der Waals surface area contributed by atoms with Crippen LogP contribution in [0, 0.1) is 13.8 Å². The number of carbonyl (C=O) groups excluding carboxylic acids is 3. The van der Waals surface area contributed by atoms with Crippen LogP contribution in [0.15, 0.2) is 97.6 Å². The average Bonchev–Trinajstić information content (AvgIpc) is 3.43. The fourth-order valence-corrected chi connectivity index (χ4v) is 9.66. The van der Waals surface area contributed by atoms with Crippen LogP contribution in [-0.4, -0.2) is 161 Å². The van der Waals surface area contributed by atoms with E-state index in [0.717, 1.165) is 85.8 Å². The number of nitrogens with zero attached hydrogens (tertiary/aromatic N) is 4. The summed E-state index contributed by atoms with van der Waals surface area (Å²) in [5.74, 6) is 0.863. The minimum atomic E-state index is -0.612. The highest BCUT2D eigenvalue weighted by molar-refractivity contribution is 6.25. The lowest BCUT2D eigenvalue weighted by molar-refractivity contribution is -0.137. The predicted octanol–water partition coefficient (Wildman–Crippen LogP) is 7.65. The van der Waals surface area contributed by atoms with Crippen LogP contribution < -0.4 is 28.9 Å². The van der Waals surface area contributed by atoms with Gasteiger partial charge in [0.15, 0.2) is 0 Å². The molecule has 2 amide bonds. The molecule has 0 atom stereocenters. The van der Waals surface area contributed by atoms with E-state index in [1.54, 1.807) is 19.2 Å². The van der Waals surface area contributed by atoms with Crippen molar-refractivity contribution in [3.05, 3.63) is 131 Å². The van der Waals surface area contributed by atoms with E-state index in [0.29, 0.717) is 141 Å². The number of imide groups is 1. The summed E-state index contributed by atoms with van der Waals surface area (Å²) >= 11 is 0. The van der Waals surface area contributed by atoms with Gasteiger partial charge >= 0.3 is 5.97 Å². The minimum Gasteiger partial charge on any atom is -0.490 e. The van der Waals surface area contributed by atoms with E-state index in [9.17, 15) is 14.4 Å². The normalized spacial score (nSPS) is 16.6. The Morgan fingerprint density at radius 3 is 1.72 bits per heavy atom. The number of ether oxygens (including phenoxy) is 9. The molecule has 400 valence electrons. The van der Waals surface area contributed by atoms with Crippen molar-refractivity contribution in [1.29, 1.82) is 0 Å². The second-order valence-corrected chi connectivity index (χ2v) is 18.7. The molecule has 9 rings (SSSR count). The van der Waals surface area contributed by atoms with Crippen molar-refractivity contribution in [2.75, 3.05) is 154 Å². The van der Waals surface area contributed by atoms with Crippen molar-refractivity contribution in [1.82, 2.24) is 4.90 Å². The maximum atomic E-state index is 13.6. The lowest BCUT2D eigenvalue weighted by atomic mass is 9.89. The molecule has 16 nitrogen and oxygen atoms in total. The topological polar surface area (TPSA) is 147 Å². The zero-order valence-corrected chi connectivity index (χ0v) is 43.8. The lowest BCUT2D eigenvalue weighted by Crippen LogP contribution is -2.42. The van der Waals surface area contributed by atoms with Gasteiger partial charge in [-0.25, -0.2) is 4.79 Å². The molecular formula is C59H72N4O12. The molecule has 2 bridgehead atoms. The molecule has 0 N–H and O–H groups in total. The Kier molecular flexibility index (Phi) is 20.2. The predicted molar refractivity (Wildman–Crippen MR) is 290 cm³/mol. The van der Waals surface area contributed by atoms with Crippen LogP contribution in [-0.2, 0) is 46.1 Å². The molecule has 0 aromatic heterocycles. The molecular weight excluding hydrogens is 957 g/mol. The van der Waals surface area contributed by atoms with Crippen LogP contribution >= 0.6 is 0 Å². The van der Waals surface area contributed by atoms with Gasteiger partial charge in [0.1, 0.15) is 43.7 Å². The van der Waals surface area contributed by atoms with Gasteiger partial charge in [-0.15, -0.1) is 0 Å². The Balaban J connectivity index is 1.06. The van der Waals surface area contributed by atoms with Gasteiger partial charge in [0.2, 0.25) is 0 Å². The standard InChI is InChI=1S/C59H72N4O12/c1-5-56(64)75-33-26-63-58(65)48-11-7-10-47-46(15-16-49(57(47)48)59(63)66)9-6-8-45-14-19-52(55(42-45)74-39-34-67-4)62-24-31-72-53-40-43(2)12-17-50(53)60-20-27-68-35-37-70-29-22-61(23-30-71-38-36-69-28-21-60)51-18-13-44(3)41-54(51)73-32-25-62/h5,7,10-19,40-42H,1,6,8-9,20-39H2,2-4H3. The highest BCUT2D eigenvalue weighted by Crippen LogP contribution is 2.36. The Labute approximate surface area is 440 Å². The average molecular weight is 1030 g/mol. The summed E-state index contributed by atoms with van der Waals surface area (Å²) in [6.07, 6.45) is 3.31. The molecule has 0 aliphatic carbocycles. The third-order valence-corrected chi connectivity index (χ3v) is 13.5. The summed E-state index contributed by atoms with van der Waals surface area (Å²) in [5, 5.41) is 1.53. The van der Waals surface area contributed by atoms with Crippen LogP contribution in [0.1, 0.15) is 49.4 Å². The maximum Gasteiger partial charge on any atom is 0.330 e. The molecule has 0 spiro atoms. The van der Waals surface area contributed by atoms with Crippen molar-refractivity contribution in [3.63, 3.8) is 0 Å². The van der Waals surface area contributed by atoms with E-state index in [1.807, 2.05) is 18.2 Å². The monoisotopic (exact) mass is 1030 g/mol.